The van der Waals surface area contributed by atoms with Crippen molar-refractivity contribution in [3.8, 4) is 0 Å². The smallest absolute Gasteiger partial charge is 0.290 e. The number of carbonyl (C=O) groups is 2. The first-order valence-electron chi connectivity index (χ1n) is 9.28. The van der Waals surface area contributed by atoms with E-state index in [0.717, 1.165) is 64.2 Å². The maximum absolute atomic E-state index is 12.6. The zero-order valence-corrected chi connectivity index (χ0v) is 15.6. The van der Waals surface area contributed by atoms with Gasteiger partial charge >= 0.3 is 0 Å². The van der Waals surface area contributed by atoms with Gasteiger partial charge in [0.25, 0.3) is 6.47 Å². The topological polar surface area (TPSA) is 77.0 Å². The minimum Gasteiger partial charge on any atom is -0.483 e. The van der Waals surface area contributed by atoms with Crippen molar-refractivity contribution >= 4 is 12.4 Å². The highest BCUT2D eigenvalue weighted by Crippen LogP contribution is 2.20. The summed E-state index contributed by atoms with van der Waals surface area (Å²) >= 11 is 0. The predicted molar refractivity (Wildman–Crippen MR) is 99.9 cm³/mol. The molecule has 1 unspecified atom stereocenters. The fraction of sp³-hybridized carbons (Fsp3) is 0.632. The van der Waals surface area contributed by atoms with Gasteiger partial charge in [0.05, 0.1) is 6.54 Å². The SMILES string of the molecule is CN1CCCN(CC(=O)N2CCC(Cc3ccccn3)C2)CC1.O=CO. The first-order chi connectivity index (χ1) is 12.6. The van der Waals surface area contributed by atoms with E-state index in [4.69, 9.17) is 9.90 Å². The Kier molecular flexibility index (Phi) is 8.50. The second-order valence-electron chi connectivity index (χ2n) is 7.06. The number of aromatic nitrogens is 1. The second kappa shape index (κ2) is 10.9. The molecule has 1 N–H and O–H groups in total. The molecule has 3 heterocycles. The summed E-state index contributed by atoms with van der Waals surface area (Å²) in [6, 6.07) is 6.07. The van der Waals surface area contributed by atoms with E-state index in [-0.39, 0.29) is 6.47 Å². The largest absolute Gasteiger partial charge is 0.483 e. The van der Waals surface area contributed by atoms with Crippen LogP contribution in [0, 0.1) is 5.92 Å². The average Bonchev–Trinajstić information content (AvgIpc) is 3.00. The Morgan fingerprint density at radius 2 is 2.08 bits per heavy atom. The lowest BCUT2D eigenvalue weighted by atomic mass is 10.0. The van der Waals surface area contributed by atoms with Gasteiger partial charge in [-0.15, -0.1) is 0 Å². The summed E-state index contributed by atoms with van der Waals surface area (Å²) in [4.78, 5) is 32.1. The maximum Gasteiger partial charge on any atom is 0.290 e. The van der Waals surface area contributed by atoms with Crippen LogP contribution in [0.4, 0.5) is 0 Å². The lowest BCUT2D eigenvalue weighted by molar-refractivity contribution is -0.131. The molecule has 3 rings (SSSR count). The van der Waals surface area contributed by atoms with Gasteiger partial charge in [-0.2, -0.15) is 0 Å². The number of carbonyl (C=O) groups excluding carboxylic acids is 1. The highest BCUT2D eigenvalue weighted by molar-refractivity contribution is 5.78. The summed E-state index contributed by atoms with van der Waals surface area (Å²) in [5.74, 6) is 0.863. The molecule has 0 aliphatic carbocycles. The number of hydrogen-bond donors (Lipinski definition) is 1. The Morgan fingerprint density at radius 3 is 2.81 bits per heavy atom. The van der Waals surface area contributed by atoms with Gasteiger partial charge in [-0.1, -0.05) is 6.07 Å². The van der Waals surface area contributed by atoms with Gasteiger partial charge in [0.15, 0.2) is 0 Å². The number of likely N-dealkylation sites (tertiary alicyclic amines) is 1. The van der Waals surface area contributed by atoms with Crippen LogP contribution in [0.5, 0.6) is 0 Å². The average molecular weight is 362 g/mol. The van der Waals surface area contributed by atoms with Crippen LogP contribution in [0.2, 0.25) is 0 Å². The van der Waals surface area contributed by atoms with Crippen molar-refractivity contribution in [3.05, 3.63) is 30.1 Å². The lowest BCUT2D eigenvalue weighted by Crippen LogP contribution is -2.40. The van der Waals surface area contributed by atoms with Crippen LogP contribution in [0.1, 0.15) is 18.5 Å². The van der Waals surface area contributed by atoms with Gasteiger partial charge in [-0.25, -0.2) is 0 Å². The van der Waals surface area contributed by atoms with Crippen LogP contribution in [0.15, 0.2) is 24.4 Å². The summed E-state index contributed by atoms with van der Waals surface area (Å²) < 4.78 is 0. The zero-order valence-electron chi connectivity index (χ0n) is 15.6. The van der Waals surface area contributed by atoms with Gasteiger partial charge < -0.3 is 14.9 Å². The molecule has 7 heteroatoms. The zero-order chi connectivity index (χ0) is 18.8. The molecule has 1 aromatic rings. The number of carboxylic acid groups (broad SMARTS) is 1. The van der Waals surface area contributed by atoms with Crippen molar-refractivity contribution in [1.82, 2.24) is 19.7 Å². The van der Waals surface area contributed by atoms with Crippen LogP contribution in [0.25, 0.3) is 0 Å². The number of pyridine rings is 1. The Bertz CT molecular complexity index is 555. The fourth-order valence-electron chi connectivity index (χ4n) is 3.59. The Balaban J connectivity index is 0.000000758. The van der Waals surface area contributed by atoms with Crippen LogP contribution < -0.4 is 0 Å². The van der Waals surface area contributed by atoms with E-state index in [0.29, 0.717) is 18.4 Å². The van der Waals surface area contributed by atoms with Gasteiger partial charge in [0.2, 0.25) is 5.91 Å². The summed E-state index contributed by atoms with van der Waals surface area (Å²) in [5.41, 5.74) is 1.14. The molecular formula is C19H30N4O3. The normalized spacial score (nSPS) is 21.6. The van der Waals surface area contributed by atoms with Crippen LogP contribution in [-0.4, -0.2) is 90.0 Å². The molecule has 7 nitrogen and oxygen atoms in total. The van der Waals surface area contributed by atoms with Crippen LogP contribution in [0.3, 0.4) is 0 Å². The lowest BCUT2D eigenvalue weighted by Gasteiger charge is -2.23. The van der Waals surface area contributed by atoms with Crippen molar-refractivity contribution in [1.29, 1.82) is 0 Å². The number of likely N-dealkylation sites (N-methyl/N-ethyl adjacent to an activating group) is 1. The summed E-state index contributed by atoms with van der Waals surface area (Å²) in [6.07, 6.45) is 5.10. The van der Waals surface area contributed by atoms with E-state index in [1.165, 1.54) is 0 Å². The molecule has 0 spiro atoms. The Labute approximate surface area is 155 Å². The summed E-state index contributed by atoms with van der Waals surface area (Å²) in [5, 5.41) is 6.89. The molecule has 2 aliphatic rings. The minimum atomic E-state index is -0.250. The van der Waals surface area contributed by atoms with Crippen molar-refractivity contribution in [2.45, 2.75) is 19.3 Å². The fourth-order valence-corrected chi connectivity index (χ4v) is 3.59. The molecule has 1 amide bonds. The van der Waals surface area contributed by atoms with Gasteiger partial charge in [-0.05, 0) is 57.5 Å². The maximum atomic E-state index is 12.6. The minimum absolute atomic E-state index is 0.250. The molecule has 1 atom stereocenters. The predicted octanol–water partition coefficient (Wildman–Crippen LogP) is 0.811. The second-order valence-corrected chi connectivity index (χ2v) is 7.06. The van der Waals surface area contributed by atoms with E-state index >= 15 is 0 Å². The van der Waals surface area contributed by atoms with E-state index in [9.17, 15) is 4.79 Å². The molecule has 0 bridgehead atoms. The number of amides is 1. The number of nitrogens with zero attached hydrogens (tertiary/aromatic N) is 4. The van der Waals surface area contributed by atoms with E-state index in [2.05, 4.69) is 32.8 Å². The molecule has 0 radical (unpaired) electrons. The molecule has 2 fully saturated rings. The summed E-state index contributed by atoms with van der Waals surface area (Å²) in [7, 11) is 2.16. The van der Waals surface area contributed by atoms with E-state index in [1.54, 1.807) is 0 Å². The first kappa shape index (κ1) is 20.3. The molecular weight excluding hydrogens is 332 g/mol. The molecule has 2 saturated heterocycles. The molecule has 0 saturated carbocycles. The van der Waals surface area contributed by atoms with Crippen molar-refractivity contribution in [2.75, 3.05) is 52.9 Å². The monoisotopic (exact) mass is 362 g/mol. The van der Waals surface area contributed by atoms with Crippen molar-refractivity contribution in [3.63, 3.8) is 0 Å². The molecule has 26 heavy (non-hydrogen) atoms. The van der Waals surface area contributed by atoms with E-state index in [1.807, 2.05) is 18.3 Å². The third-order valence-electron chi connectivity index (χ3n) is 5.03. The quantitative estimate of drug-likeness (QED) is 0.799. The summed E-state index contributed by atoms with van der Waals surface area (Å²) in [6.45, 7) is 6.39. The van der Waals surface area contributed by atoms with Gasteiger partial charge in [0, 0.05) is 38.1 Å². The Morgan fingerprint density at radius 1 is 1.27 bits per heavy atom. The first-order valence-corrected chi connectivity index (χ1v) is 9.28. The third-order valence-corrected chi connectivity index (χ3v) is 5.03. The number of rotatable bonds is 4. The Hall–Kier alpha value is -1.99. The standard InChI is InChI=1S/C18H28N4O.CH2O2/c1-20-8-4-9-21(12-11-20)15-18(23)22-10-6-16(14-22)13-17-5-2-3-7-19-17;2-1-3/h2-3,5,7,16H,4,6,8-15H2,1H3;1H,(H,2,3). The van der Waals surface area contributed by atoms with Crippen molar-refractivity contribution < 1.29 is 14.7 Å². The molecule has 144 valence electrons. The van der Waals surface area contributed by atoms with Gasteiger partial charge in [-0.3, -0.25) is 19.5 Å². The van der Waals surface area contributed by atoms with Gasteiger partial charge in [0.1, 0.15) is 0 Å². The van der Waals surface area contributed by atoms with Crippen LogP contribution in [-0.2, 0) is 16.0 Å². The highest BCUT2D eigenvalue weighted by atomic mass is 16.3. The van der Waals surface area contributed by atoms with E-state index < -0.39 is 0 Å². The van der Waals surface area contributed by atoms with Crippen molar-refractivity contribution in [2.24, 2.45) is 5.92 Å². The highest BCUT2D eigenvalue weighted by Gasteiger charge is 2.27. The van der Waals surface area contributed by atoms with Crippen LogP contribution >= 0.6 is 0 Å². The third kappa shape index (κ3) is 6.72. The molecule has 0 aromatic carbocycles. The molecule has 1 aromatic heterocycles. The number of hydrogen-bond acceptors (Lipinski definition) is 5. The molecule has 2 aliphatic heterocycles.